The Morgan fingerprint density at radius 2 is 1.89 bits per heavy atom. The van der Waals surface area contributed by atoms with Crippen molar-refractivity contribution in [2.75, 3.05) is 5.73 Å². The third-order valence-corrected chi connectivity index (χ3v) is 3.04. The van der Waals surface area contributed by atoms with Crippen LogP contribution in [0.15, 0.2) is 42.5 Å². The molecule has 3 heteroatoms. The highest BCUT2D eigenvalue weighted by Crippen LogP contribution is 2.27. The first kappa shape index (κ1) is 13.4. The van der Waals surface area contributed by atoms with Crippen molar-refractivity contribution in [3.8, 4) is 5.75 Å². The monoisotopic (exact) mass is 259 g/mol. The fourth-order valence-electron chi connectivity index (χ4n) is 1.83. The molecule has 0 fully saturated rings. The molecule has 2 rings (SSSR count). The van der Waals surface area contributed by atoms with E-state index in [9.17, 15) is 4.39 Å². The van der Waals surface area contributed by atoms with E-state index in [0.29, 0.717) is 22.9 Å². The summed E-state index contributed by atoms with van der Waals surface area (Å²) in [6.45, 7) is 4.39. The molecule has 2 N–H and O–H groups in total. The first-order valence-electron chi connectivity index (χ1n) is 6.33. The summed E-state index contributed by atoms with van der Waals surface area (Å²) in [5.74, 6) is 0.746. The standard InChI is InChI=1S/C16H18FNO/c1-11(2)12-7-8-16(15(18)9-12)19-10-13-5-3-4-6-14(13)17/h3-9,11H,10,18H2,1-2H3. The predicted octanol–water partition coefficient (Wildman–Crippen LogP) is 4.11. The Kier molecular flexibility index (Phi) is 4.05. The van der Waals surface area contributed by atoms with Gasteiger partial charge < -0.3 is 10.5 Å². The minimum Gasteiger partial charge on any atom is -0.487 e. The molecule has 0 saturated heterocycles. The smallest absolute Gasteiger partial charge is 0.142 e. The zero-order valence-electron chi connectivity index (χ0n) is 11.2. The molecule has 0 amide bonds. The summed E-state index contributed by atoms with van der Waals surface area (Å²) in [5, 5.41) is 0. The van der Waals surface area contributed by atoms with E-state index in [-0.39, 0.29) is 12.4 Å². The van der Waals surface area contributed by atoms with Crippen LogP contribution in [-0.2, 0) is 6.61 Å². The zero-order valence-corrected chi connectivity index (χ0v) is 11.2. The molecule has 0 bridgehead atoms. The van der Waals surface area contributed by atoms with Crippen molar-refractivity contribution >= 4 is 5.69 Å². The van der Waals surface area contributed by atoms with Crippen LogP contribution in [0.5, 0.6) is 5.75 Å². The second-order valence-corrected chi connectivity index (χ2v) is 4.83. The van der Waals surface area contributed by atoms with Gasteiger partial charge >= 0.3 is 0 Å². The van der Waals surface area contributed by atoms with E-state index in [1.54, 1.807) is 18.2 Å². The normalized spacial score (nSPS) is 10.7. The molecule has 0 radical (unpaired) electrons. The lowest BCUT2D eigenvalue weighted by Crippen LogP contribution is -2.01. The number of nitrogen functional groups attached to an aromatic ring is 1. The van der Waals surface area contributed by atoms with E-state index in [4.69, 9.17) is 10.5 Å². The number of hydrogen-bond acceptors (Lipinski definition) is 2. The molecule has 0 unspecified atom stereocenters. The average Bonchev–Trinajstić information content (AvgIpc) is 2.39. The lowest BCUT2D eigenvalue weighted by Gasteiger charge is -2.12. The quantitative estimate of drug-likeness (QED) is 0.839. The molecular formula is C16H18FNO. The van der Waals surface area contributed by atoms with Gasteiger partial charge in [0, 0.05) is 5.56 Å². The van der Waals surface area contributed by atoms with Crippen LogP contribution in [0, 0.1) is 5.82 Å². The maximum Gasteiger partial charge on any atom is 0.142 e. The van der Waals surface area contributed by atoms with Crippen LogP contribution in [-0.4, -0.2) is 0 Å². The number of rotatable bonds is 4. The molecule has 2 nitrogen and oxygen atoms in total. The SMILES string of the molecule is CC(C)c1ccc(OCc2ccccc2F)c(N)c1. The van der Waals surface area contributed by atoms with Gasteiger partial charge in [0.25, 0.3) is 0 Å². The average molecular weight is 259 g/mol. The molecule has 0 spiro atoms. The summed E-state index contributed by atoms with van der Waals surface area (Å²) < 4.78 is 19.0. The first-order valence-corrected chi connectivity index (χ1v) is 6.33. The number of nitrogens with two attached hydrogens (primary N) is 1. The highest BCUT2D eigenvalue weighted by molar-refractivity contribution is 5.54. The van der Waals surface area contributed by atoms with E-state index in [0.717, 1.165) is 5.56 Å². The van der Waals surface area contributed by atoms with E-state index in [1.165, 1.54) is 6.07 Å². The summed E-state index contributed by atoms with van der Waals surface area (Å²) in [4.78, 5) is 0. The summed E-state index contributed by atoms with van der Waals surface area (Å²) in [6, 6.07) is 12.3. The zero-order chi connectivity index (χ0) is 13.8. The van der Waals surface area contributed by atoms with Gasteiger partial charge in [0.15, 0.2) is 0 Å². The minimum atomic E-state index is -0.264. The Balaban J connectivity index is 2.10. The Hall–Kier alpha value is -2.03. The number of benzene rings is 2. The van der Waals surface area contributed by atoms with Crippen LogP contribution in [0.3, 0.4) is 0 Å². The van der Waals surface area contributed by atoms with Gasteiger partial charge in [-0.05, 0) is 29.7 Å². The molecule has 19 heavy (non-hydrogen) atoms. The highest BCUT2D eigenvalue weighted by atomic mass is 19.1. The van der Waals surface area contributed by atoms with Gasteiger partial charge in [0.2, 0.25) is 0 Å². The number of anilines is 1. The van der Waals surface area contributed by atoms with Gasteiger partial charge in [-0.15, -0.1) is 0 Å². The van der Waals surface area contributed by atoms with Gasteiger partial charge in [-0.3, -0.25) is 0 Å². The highest BCUT2D eigenvalue weighted by Gasteiger charge is 2.06. The molecule has 2 aromatic rings. The lowest BCUT2D eigenvalue weighted by atomic mass is 10.0. The summed E-state index contributed by atoms with van der Waals surface area (Å²) in [6.07, 6.45) is 0. The molecular weight excluding hydrogens is 241 g/mol. The molecule has 100 valence electrons. The first-order chi connectivity index (χ1) is 9.08. The predicted molar refractivity (Wildman–Crippen MR) is 75.7 cm³/mol. The minimum absolute atomic E-state index is 0.178. The molecule has 0 atom stereocenters. The Morgan fingerprint density at radius 1 is 1.16 bits per heavy atom. The van der Waals surface area contributed by atoms with Crippen molar-refractivity contribution in [3.05, 3.63) is 59.4 Å². The second-order valence-electron chi connectivity index (χ2n) is 4.83. The van der Waals surface area contributed by atoms with Crippen molar-refractivity contribution < 1.29 is 9.13 Å². The topological polar surface area (TPSA) is 35.2 Å². The maximum atomic E-state index is 13.5. The maximum absolute atomic E-state index is 13.5. The molecule has 0 aliphatic rings. The molecule has 0 aliphatic heterocycles. The molecule has 2 aromatic carbocycles. The van der Waals surface area contributed by atoms with Crippen molar-refractivity contribution in [2.24, 2.45) is 0 Å². The fraction of sp³-hybridized carbons (Fsp3) is 0.250. The van der Waals surface area contributed by atoms with Crippen LogP contribution < -0.4 is 10.5 Å². The van der Waals surface area contributed by atoms with Crippen molar-refractivity contribution in [1.82, 2.24) is 0 Å². The third kappa shape index (κ3) is 3.25. The Bertz CT molecular complexity index is 566. The summed E-state index contributed by atoms with van der Waals surface area (Å²) in [7, 11) is 0. The fourth-order valence-corrected chi connectivity index (χ4v) is 1.83. The second kappa shape index (κ2) is 5.74. The van der Waals surface area contributed by atoms with Crippen LogP contribution >= 0.6 is 0 Å². The number of hydrogen-bond donors (Lipinski definition) is 1. The molecule has 0 aromatic heterocycles. The van der Waals surface area contributed by atoms with Gasteiger partial charge in [-0.2, -0.15) is 0 Å². The lowest BCUT2D eigenvalue weighted by molar-refractivity contribution is 0.301. The largest absolute Gasteiger partial charge is 0.487 e. The van der Waals surface area contributed by atoms with Gasteiger partial charge in [-0.25, -0.2) is 4.39 Å². The van der Waals surface area contributed by atoms with Crippen molar-refractivity contribution in [1.29, 1.82) is 0 Å². The van der Waals surface area contributed by atoms with E-state index in [1.807, 2.05) is 18.2 Å². The van der Waals surface area contributed by atoms with Crippen LogP contribution in [0.2, 0.25) is 0 Å². The van der Waals surface area contributed by atoms with Gasteiger partial charge in [0.05, 0.1) is 5.69 Å². The van der Waals surface area contributed by atoms with Crippen LogP contribution in [0.1, 0.15) is 30.9 Å². The van der Waals surface area contributed by atoms with E-state index >= 15 is 0 Å². The van der Waals surface area contributed by atoms with Crippen molar-refractivity contribution in [3.63, 3.8) is 0 Å². The number of halogens is 1. The molecule has 0 aliphatic carbocycles. The van der Waals surface area contributed by atoms with E-state index in [2.05, 4.69) is 13.8 Å². The van der Waals surface area contributed by atoms with Gasteiger partial charge in [0.1, 0.15) is 18.2 Å². The van der Waals surface area contributed by atoms with Crippen molar-refractivity contribution in [2.45, 2.75) is 26.4 Å². The third-order valence-electron chi connectivity index (χ3n) is 3.04. The van der Waals surface area contributed by atoms with Gasteiger partial charge in [-0.1, -0.05) is 38.1 Å². The van der Waals surface area contributed by atoms with Crippen LogP contribution in [0.25, 0.3) is 0 Å². The molecule has 0 heterocycles. The Labute approximate surface area is 113 Å². The van der Waals surface area contributed by atoms with E-state index < -0.39 is 0 Å². The summed E-state index contributed by atoms with van der Waals surface area (Å²) in [5.41, 5.74) is 8.21. The Morgan fingerprint density at radius 3 is 2.53 bits per heavy atom. The molecule has 0 saturated carbocycles. The number of ether oxygens (including phenoxy) is 1. The summed E-state index contributed by atoms with van der Waals surface area (Å²) >= 11 is 0. The van der Waals surface area contributed by atoms with Crippen LogP contribution in [0.4, 0.5) is 10.1 Å².